The van der Waals surface area contributed by atoms with Crippen LogP contribution in [0.2, 0.25) is 0 Å². The number of carbonyl (C=O) groups excluding carboxylic acids is 1. The number of ether oxygens (including phenoxy) is 1. The first-order valence-electron chi connectivity index (χ1n) is 6.96. The first kappa shape index (κ1) is 15.5. The van der Waals surface area contributed by atoms with Crippen LogP contribution in [0.15, 0.2) is 29.6 Å². The molecule has 0 bridgehead atoms. The summed E-state index contributed by atoms with van der Waals surface area (Å²) in [7, 11) is 0. The van der Waals surface area contributed by atoms with Gasteiger partial charge >= 0.3 is 0 Å². The molecule has 4 nitrogen and oxygen atoms in total. The van der Waals surface area contributed by atoms with Crippen molar-refractivity contribution in [1.29, 1.82) is 0 Å². The van der Waals surface area contributed by atoms with E-state index in [1.165, 1.54) is 0 Å². The molecule has 0 fully saturated rings. The third kappa shape index (κ3) is 4.86. The summed E-state index contributed by atoms with van der Waals surface area (Å²) in [5.74, 6) is 1.17. The van der Waals surface area contributed by atoms with Crippen molar-refractivity contribution in [3.05, 3.63) is 45.9 Å². The van der Waals surface area contributed by atoms with E-state index in [2.05, 4.69) is 24.1 Å². The molecule has 1 amide bonds. The van der Waals surface area contributed by atoms with Crippen LogP contribution in [0, 0.1) is 12.8 Å². The average Bonchev–Trinajstić information content (AvgIpc) is 2.89. The van der Waals surface area contributed by atoms with Gasteiger partial charge in [-0.15, -0.1) is 11.3 Å². The fourth-order valence-corrected chi connectivity index (χ4v) is 2.42. The van der Waals surface area contributed by atoms with Crippen LogP contribution >= 0.6 is 11.3 Å². The Morgan fingerprint density at radius 1 is 1.33 bits per heavy atom. The lowest BCUT2D eigenvalue weighted by atomic mass is 10.2. The highest BCUT2D eigenvalue weighted by Crippen LogP contribution is 2.14. The molecule has 2 aromatic rings. The Morgan fingerprint density at radius 3 is 2.62 bits per heavy atom. The van der Waals surface area contributed by atoms with Crippen LogP contribution < -0.4 is 10.1 Å². The summed E-state index contributed by atoms with van der Waals surface area (Å²) in [6.45, 7) is 7.28. The van der Waals surface area contributed by atoms with E-state index < -0.39 is 0 Å². The number of aromatic nitrogens is 1. The topological polar surface area (TPSA) is 51.2 Å². The molecule has 0 aliphatic heterocycles. The Balaban J connectivity index is 1.87. The fraction of sp³-hybridized carbons (Fsp3) is 0.375. The zero-order chi connectivity index (χ0) is 15.2. The number of nitrogens with one attached hydrogen (secondary N) is 1. The number of thiazole rings is 1. The number of carbonyl (C=O) groups is 1. The Morgan fingerprint density at radius 2 is 2.05 bits per heavy atom. The molecule has 2 rings (SSSR count). The molecule has 1 aromatic carbocycles. The summed E-state index contributed by atoms with van der Waals surface area (Å²) in [5, 5.41) is 5.76. The maximum atomic E-state index is 12.0. The highest BCUT2D eigenvalue weighted by Gasteiger charge is 2.07. The minimum absolute atomic E-state index is 0.0988. The zero-order valence-electron chi connectivity index (χ0n) is 12.6. The smallest absolute Gasteiger partial charge is 0.251 e. The van der Waals surface area contributed by atoms with E-state index in [4.69, 9.17) is 4.74 Å². The molecule has 1 N–H and O–H groups in total. The van der Waals surface area contributed by atoms with Crippen LogP contribution in [0.3, 0.4) is 0 Å². The summed E-state index contributed by atoms with van der Waals surface area (Å²) in [6.07, 6.45) is 0. The van der Waals surface area contributed by atoms with Crippen LogP contribution in [0.4, 0.5) is 0 Å². The second-order valence-electron chi connectivity index (χ2n) is 5.29. The molecule has 0 atom stereocenters. The first-order chi connectivity index (χ1) is 10.0. The Bertz CT molecular complexity index is 591. The van der Waals surface area contributed by atoms with Crippen molar-refractivity contribution in [2.45, 2.75) is 27.3 Å². The third-order valence-electron chi connectivity index (χ3n) is 2.77. The molecule has 5 heteroatoms. The number of hydrogen-bond acceptors (Lipinski definition) is 4. The SMILES string of the molecule is Cc1csc(CNC(=O)c2ccc(OCC(C)C)cc2)n1. The van der Waals surface area contributed by atoms with Crippen molar-refractivity contribution >= 4 is 17.2 Å². The largest absolute Gasteiger partial charge is 0.493 e. The maximum Gasteiger partial charge on any atom is 0.251 e. The number of rotatable bonds is 6. The lowest BCUT2D eigenvalue weighted by Gasteiger charge is -2.09. The number of amides is 1. The third-order valence-corrected chi connectivity index (χ3v) is 3.73. The van der Waals surface area contributed by atoms with E-state index >= 15 is 0 Å². The van der Waals surface area contributed by atoms with Gasteiger partial charge in [0.2, 0.25) is 0 Å². The quantitative estimate of drug-likeness (QED) is 0.889. The number of hydrogen-bond donors (Lipinski definition) is 1. The monoisotopic (exact) mass is 304 g/mol. The molecule has 0 radical (unpaired) electrons. The van der Waals surface area contributed by atoms with Gasteiger partial charge in [0.1, 0.15) is 10.8 Å². The van der Waals surface area contributed by atoms with Gasteiger partial charge < -0.3 is 10.1 Å². The van der Waals surface area contributed by atoms with Crippen LogP contribution in [0.1, 0.15) is 34.9 Å². The summed E-state index contributed by atoms with van der Waals surface area (Å²) < 4.78 is 5.59. The van der Waals surface area contributed by atoms with Gasteiger partial charge in [0.25, 0.3) is 5.91 Å². The van der Waals surface area contributed by atoms with E-state index in [-0.39, 0.29) is 5.91 Å². The molecule has 0 aliphatic rings. The standard InChI is InChI=1S/C16H20N2O2S/c1-11(2)9-20-14-6-4-13(5-7-14)16(19)17-8-15-18-12(3)10-21-15/h4-7,10-11H,8-9H2,1-3H3,(H,17,19). The van der Waals surface area contributed by atoms with Gasteiger partial charge in [-0.3, -0.25) is 4.79 Å². The lowest BCUT2D eigenvalue weighted by molar-refractivity contribution is 0.0951. The van der Waals surface area contributed by atoms with Gasteiger partial charge in [0.15, 0.2) is 0 Å². The van der Waals surface area contributed by atoms with Gasteiger partial charge in [-0.1, -0.05) is 13.8 Å². The predicted molar refractivity (Wildman–Crippen MR) is 84.8 cm³/mol. The van der Waals surface area contributed by atoms with E-state index in [0.29, 0.717) is 24.6 Å². The summed E-state index contributed by atoms with van der Waals surface area (Å²) in [4.78, 5) is 16.3. The molecule has 0 saturated heterocycles. The number of benzene rings is 1. The molecule has 21 heavy (non-hydrogen) atoms. The van der Waals surface area contributed by atoms with Crippen molar-refractivity contribution in [2.75, 3.05) is 6.61 Å². The van der Waals surface area contributed by atoms with Gasteiger partial charge in [-0.25, -0.2) is 4.98 Å². The van der Waals surface area contributed by atoms with Crippen LogP contribution in [-0.4, -0.2) is 17.5 Å². The van der Waals surface area contributed by atoms with Crippen molar-refractivity contribution < 1.29 is 9.53 Å². The number of nitrogens with zero attached hydrogens (tertiary/aromatic N) is 1. The van der Waals surface area contributed by atoms with Crippen molar-refractivity contribution in [3.8, 4) is 5.75 Å². The summed E-state index contributed by atoms with van der Waals surface area (Å²) in [6, 6.07) is 7.20. The normalized spacial score (nSPS) is 10.7. The molecule has 0 spiro atoms. The van der Waals surface area contributed by atoms with Crippen LogP contribution in [0.5, 0.6) is 5.75 Å². The Kier molecular flexibility index (Phi) is 5.33. The summed E-state index contributed by atoms with van der Waals surface area (Å²) >= 11 is 1.55. The second-order valence-corrected chi connectivity index (χ2v) is 6.24. The predicted octanol–water partition coefficient (Wildman–Crippen LogP) is 3.42. The van der Waals surface area contributed by atoms with E-state index in [9.17, 15) is 4.79 Å². The van der Waals surface area contributed by atoms with Gasteiger partial charge in [-0.2, -0.15) is 0 Å². The van der Waals surface area contributed by atoms with Crippen molar-refractivity contribution in [1.82, 2.24) is 10.3 Å². The lowest BCUT2D eigenvalue weighted by Crippen LogP contribution is -2.22. The molecule has 1 aromatic heterocycles. The van der Waals surface area contributed by atoms with E-state index in [0.717, 1.165) is 16.5 Å². The van der Waals surface area contributed by atoms with E-state index in [1.807, 2.05) is 24.4 Å². The molecule has 0 unspecified atom stereocenters. The Labute approximate surface area is 129 Å². The van der Waals surface area contributed by atoms with Crippen LogP contribution in [0.25, 0.3) is 0 Å². The highest BCUT2D eigenvalue weighted by atomic mass is 32.1. The summed E-state index contributed by atoms with van der Waals surface area (Å²) in [5.41, 5.74) is 1.61. The minimum Gasteiger partial charge on any atom is -0.493 e. The van der Waals surface area contributed by atoms with Crippen molar-refractivity contribution in [2.24, 2.45) is 5.92 Å². The second kappa shape index (κ2) is 7.22. The molecule has 1 heterocycles. The molecule has 0 saturated carbocycles. The first-order valence-corrected chi connectivity index (χ1v) is 7.84. The average molecular weight is 304 g/mol. The fourth-order valence-electron chi connectivity index (χ4n) is 1.71. The maximum absolute atomic E-state index is 12.0. The number of aryl methyl sites for hydroxylation is 1. The zero-order valence-corrected chi connectivity index (χ0v) is 13.4. The van der Waals surface area contributed by atoms with E-state index in [1.54, 1.807) is 23.5 Å². The van der Waals surface area contributed by atoms with Crippen LogP contribution in [-0.2, 0) is 6.54 Å². The molecule has 0 aliphatic carbocycles. The minimum atomic E-state index is -0.0988. The Hall–Kier alpha value is -1.88. The highest BCUT2D eigenvalue weighted by molar-refractivity contribution is 7.09. The molecular weight excluding hydrogens is 284 g/mol. The molecular formula is C16H20N2O2S. The van der Waals surface area contributed by atoms with Crippen molar-refractivity contribution in [3.63, 3.8) is 0 Å². The van der Waals surface area contributed by atoms with Gasteiger partial charge in [-0.05, 0) is 37.1 Å². The van der Waals surface area contributed by atoms with Gasteiger partial charge in [0, 0.05) is 16.6 Å². The van der Waals surface area contributed by atoms with Gasteiger partial charge in [0.05, 0.1) is 13.2 Å². The molecule has 112 valence electrons.